The SMILES string of the molecule is C=C.COC(C)(C)C.O=C(O)c1ccc2c(c1)N(CO)CC2. The Kier molecular flexibility index (Phi) is 8.45. The van der Waals surface area contributed by atoms with Crippen LogP contribution >= 0.6 is 0 Å². The van der Waals surface area contributed by atoms with E-state index in [1.807, 2.05) is 26.8 Å². The molecule has 0 amide bonds. The lowest BCUT2D eigenvalue weighted by Crippen LogP contribution is -2.21. The van der Waals surface area contributed by atoms with Crippen molar-refractivity contribution in [3.05, 3.63) is 42.5 Å². The topological polar surface area (TPSA) is 70.0 Å². The van der Waals surface area contributed by atoms with Crippen LogP contribution in [0.5, 0.6) is 0 Å². The predicted molar refractivity (Wildman–Crippen MR) is 89.6 cm³/mol. The molecule has 0 spiro atoms. The highest BCUT2D eigenvalue weighted by Gasteiger charge is 2.19. The smallest absolute Gasteiger partial charge is 0.335 e. The van der Waals surface area contributed by atoms with Gasteiger partial charge in [-0.05, 0) is 44.9 Å². The van der Waals surface area contributed by atoms with Crippen LogP contribution in [0.2, 0.25) is 0 Å². The summed E-state index contributed by atoms with van der Waals surface area (Å²) in [6.45, 7) is 12.8. The fraction of sp³-hybridized carbons (Fsp3) is 0.471. The van der Waals surface area contributed by atoms with Crippen LogP contribution < -0.4 is 4.90 Å². The molecule has 1 heterocycles. The van der Waals surface area contributed by atoms with Gasteiger partial charge in [0, 0.05) is 19.3 Å². The van der Waals surface area contributed by atoms with E-state index < -0.39 is 5.97 Å². The number of ether oxygens (including phenoxy) is 1. The summed E-state index contributed by atoms with van der Waals surface area (Å²) in [6, 6.07) is 5.03. The lowest BCUT2D eigenvalue weighted by atomic mass is 10.1. The van der Waals surface area contributed by atoms with Gasteiger partial charge in [0.1, 0.15) is 6.73 Å². The Morgan fingerprint density at radius 1 is 1.36 bits per heavy atom. The van der Waals surface area contributed by atoms with Crippen LogP contribution in [-0.4, -0.2) is 42.2 Å². The molecular formula is C17H27NO4. The van der Waals surface area contributed by atoms with Crippen molar-refractivity contribution in [3.8, 4) is 0 Å². The molecular weight excluding hydrogens is 282 g/mol. The number of benzene rings is 1. The van der Waals surface area contributed by atoms with Gasteiger partial charge in [-0.3, -0.25) is 0 Å². The summed E-state index contributed by atoms with van der Waals surface area (Å²) < 4.78 is 4.94. The number of aromatic carboxylic acids is 1. The highest BCUT2D eigenvalue weighted by atomic mass is 16.5. The van der Waals surface area contributed by atoms with Gasteiger partial charge in [-0.1, -0.05) is 6.07 Å². The van der Waals surface area contributed by atoms with Crippen LogP contribution in [-0.2, 0) is 11.2 Å². The summed E-state index contributed by atoms with van der Waals surface area (Å²) in [5.41, 5.74) is 2.25. The summed E-state index contributed by atoms with van der Waals surface area (Å²) >= 11 is 0. The van der Waals surface area contributed by atoms with Crippen LogP contribution in [0, 0.1) is 0 Å². The number of hydrogen-bond acceptors (Lipinski definition) is 4. The van der Waals surface area contributed by atoms with E-state index in [-0.39, 0.29) is 17.9 Å². The quantitative estimate of drug-likeness (QED) is 0.822. The number of aliphatic hydroxyl groups is 1. The van der Waals surface area contributed by atoms with E-state index in [1.165, 1.54) is 0 Å². The summed E-state index contributed by atoms with van der Waals surface area (Å²) in [7, 11) is 1.71. The first kappa shape index (κ1) is 20.1. The third-order valence-electron chi connectivity index (χ3n) is 3.11. The molecule has 2 rings (SSSR count). The van der Waals surface area contributed by atoms with Crippen molar-refractivity contribution in [3.63, 3.8) is 0 Å². The molecule has 0 aliphatic carbocycles. The molecule has 0 bridgehead atoms. The van der Waals surface area contributed by atoms with Crippen molar-refractivity contribution < 1.29 is 19.7 Å². The van der Waals surface area contributed by atoms with Crippen LogP contribution in [0.3, 0.4) is 0 Å². The third-order valence-corrected chi connectivity index (χ3v) is 3.11. The second-order valence-electron chi connectivity index (χ2n) is 5.62. The first-order valence-corrected chi connectivity index (χ1v) is 7.05. The number of fused-ring (bicyclic) bond motifs is 1. The summed E-state index contributed by atoms with van der Waals surface area (Å²) in [5.74, 6) is -0.933. The molecule has 124 valence electrons. The zero-order valence-corrected chi connectivity index (χ0v) is 13.9. The van der Waals surface area contributed by atoms with Gasteiger partial charge in [0.2, 0.25) is 0 Å². The predicted octanol–water partition coefficient (Wildman–Crippen LogP) is 2.93. The molecule has 22 heavy (non-hydrogen) atoms. The van der Waals surface area contributed by atoms with Crippen molar-refractivity contribution in [1.29, 1.82) is 0 Å². The number of carbonyl (C=O) groups is 1. The van der Waals surface area contributed by atoms with E-state index in [9.17, 15) is 4.79 Å². The van der Waals surface area contributed by atoms with Crippen molar-refractivity contribution in [2.45, 2.75) is 32.8 Å². The zero-order chi connectivity index (χ0) is 17.3. The maximum absolute atomic E-state index is 10.7. The largest absolute Gasteiger partial charge is 0.478 e. The van der Waals surface area contributed by atoms with Crippen molar-refractivity contribution in [2.24, 2.45) is 0 Å². The number of carboxylic acids is 1. The number of rotatable bonds is 2. The van der Waals surface area contributed by atoms with E-state index in [1.54, 1.807) is 24.1 Å². The third kappa shape index (κ3) is 6.28. The maximum Gasteiger partial charge on any atom is 0.335 e. The number of nitrogens with zero attached hydrogens (tertiary/aromatic N) is 1. The fourth-order valence-corrected chi connectivity index (χ4v) is 1.73. The average Bonchev–Trinajstić information content (AvgIpc) is 2.91. The van der Waals surface area contributed by atoms with Gasteiger partial charge in [-0.2, -0.15) is 0 Å². The second-order valence-corrected chi connectivity index (χ2v) is 5.62. The first-order chi connectivity index (χ1) is 10.3. The minimum absolute atomic E-state index is 0.0417. The lowest BCUT2D eigenvalue weighted by molar-refractivity contribution is 0.0397. The van der Waals surface area contributed by atoms with Crippen LogP contribution in [0.4, 0.5) is 5.69 Å². The Bertz CT molecular complexity index is 480. The normalized spacial score (nSPS) is 12.5. The minimum Gasteiger partial charge on any atom is -0.478 e. The summed E-state index contributed by atoms with van der Waals surface area (Å²) in [4.78, 5) is 12.5. The molecule has 5 nitrogen and oxygen atoms in total. The summed E-state index contributed by atoms with van der Waals surface area (Å²) in [5, 5.41) is 17.8. The van der Waals surface area contributed by atoms with E-state index in [4.69, 9.17) is 14.9 Å². The molecule has 1 aliphatic heterocycles. The van der Waals surface area contributed by atoms with Gasteiger partial charge in [0.25, 0.3) is 0 Å². The van der Waals surface area contributed by atoms with Crippen molar-refractivity contribution in [1.82, 2.24) is 0 Å². The highest BCUT2D eigenvalue weighted by Crippen LogP contribution is 2.28. The van der Waals surface area contributed by atoms with Crippen molar-refractivity contribution in [2.75, 3.05) is 25.3 Å². The molecule has 0 radical (unpaired) electrons. The monoisotopic (exact) mass is 309 g/mol. The molecule has 5 heteroatoms. The van der Waals surface area contributed by atoms with Gasteiger partial charge in [0.15, 0.2) is 0 Å². The molecule has 0 fully saturated rings. The van der Waals surface area contributed by atoms with Crippen LogP contribution in [0.25, 0.3) is 0 Å². The molecule has 1 aliphatic rings. The second kappa shape index (κ2) is 9.23. The molecule has 0 aromatic heterocycles. The lowest BCUT2D eigenvalue weighted by Gasteiger charge is -2.15. The molecule has 1 aromatic carbocycles. The molecule has 0 unspecified atom stereocenters. The molecule has 0 atom stereocenters. The minimum atomic E-state index is -0.933. The van der Waals surface area contributed by atoms with Crippen LogP contribution in [0.1, 0.15) is 36.7 Å². The van der Waals surface area contributed by atoms with Crippen molar-refractivity contribution >= 4 is 11.7 Å². The molecule has 1 aromatic rings. The standard InChI is InChI=1S/C10H11NO3.C5H12O.C2H4/c12-6-11-4-3-7-1-2-8(10(13)14)5-9(7)11;1-5(2,3)6-4;1-2/h1-2,5,12H,3-4,6H2,(H,13,14);1-4H3;1-2H2. The molecule has 0 saturated heterocycles. The van der Waals surface area contributed by atoms with Crippen LogP contribution in [0.15, 0.2) is 31.4 Å². The Morgan fingerprint density at radius 3 is 2.32 bits per heavy atom. The Labute approximate surface area is 132 Å². The Morgan fingerprint density at radius 2 is 1.91 bits per heavy atom. The van der Waals surface area contributed by atoms with E-state index in [2.05, 4.69) is 13.2 Å². The fourth-order valence-electron chi connectivity index (χ4n) is 1.73. The van der Waals surface area contributed by atoms with Gasteiger partial charge in [-0.25, -0.2) is 4.79 Å². The number of hydrogen-bond donors (Lipinski definition) is 2. The maximum atomic E-state index is 10.7. The highest BCUT2D eigenvalue weighted by molar-refractivity contribution is 5.89. The first-order valence-electron chi connectivity index (χ1n) is 7.05. The number of aliphatic hydroxyl groups excluding tert-OH is 1. The van der Waals surface area contributed by atoms with Gasteiger partial charge >= 0.3 is 5.97 Å². The number of methoxy groups -OCH3 is 1. The van der Waals surface area contributed by atoms with E-state index in [0.29, 0.717) is 0 Å². The Hall–Kier alpha value is -1.85. The zero-order valence-electron chi connectivity index (χ0n) is 13.9. The van der Waals surface area contributed by atoms with E-state index in [0.717, 1.165) is 24.2 Å². The Balaban J connectivity index is 0.000000470. The molecule has 2 N–H and O–H groups in total. The van der Waals surface area contributed by atoms with Gasteiger partial charge in [-0.15, -0.1) is 13.2 Å². The van der Waals surface area contributed by atoms with Gasteiger partial charge < -0.3 is 19.8 Å². The molecule has 0 saturated carbocycles. The van der Waals surface area contributed by atoms with E-state index >= 15 is 0 Å². The summed E-state index contributed by atoms with van der Waals surface area (Å²) in [6.07, 6.45) is 0.871. The van der Waals surface area contributed by atoms with Gasteiger partial charge in [0.05, 0.1) is 11.2 Å². The average molecular weight is 309 g/mol. The number of carboxylic acid groups (broad SMARTS) is 1. The number of anilines is 1.